The lowest BCUT2D eigenvalue weighted by Gasteiger charge is -2.29. The van der Waals surface area contributed by atoms with Gasteiger partial charge in [0.1, 0.15) is 0 Å². The quantitative estimate of drug-likeness (QED) is 0.880. The second-order valence-corrected chi connectivity index (χ2v) is 6.62. The molecule has 2 amide bonds. The highest BCUT2D eigenvalue weighted by Gasteiger charge is 2.23. The molecule has 3 rings (SSSR count). The fourth-order valence-corrected chi connectivity index (χ4v) is 3.50. The summed E-state index contributed by atoms with van der Waals surface area (Å²) in [7, 11) is 0. The summed E-state index contributed by atoms with van der Waals surface area (Å²) in [5, 5.41) is 6.10. The summed E-state index contributed by atoms with van der Waals surface area (Å²) < 4.78 is 0. The lowest BCUT2D eigenvalue weighted by Crippen LogP contribution is -2.41. The van der Waals surface area contributed by atoms with E-state index < -0.39 is 0 Å². The number of rotatable bonds is 2. The third kappa shape index (κ3) is 3.32. The predicted molar refractivity (Wildman–Crippen MR) is 86.9 cm³/mol. The number of hydrogen-bond acceptors (Lipinski definition) is 2. The lowest BCUT2D eigenvalue weighted by atomic mass is 9.86. The van der Waals surface area contributed by atoms with E-state index >= 15 is 0 Å². The largest absolute Gasteiger partial charge is 0.349 e. The van der Waals surface area contributed by atoms with Crippen LogP contribution in [0.25, 0.3) is 0 Å². The van der Waals surface area contributed by atoms with Crippen molar-refractivity contribution in [2.24, 2.45) is 5.92 Å². The van der Waals surface area contributed by atoms with Gasteiger partial charge in [-0.15, -0.1) is 0 Å². The van der Waals surface area contributed by atoms with Crippen LogP contribution in [0.1, 0.15) is 61.4 Å². The molecule has 4 heteroatoms. The van der Waals surface area contributed by atoms with Gasteiger partial charge < -0.3 is 10.6 Å². The van der Waals surface area contributed by atoms with Gasteiger partial charge in [0.15, 0.2) is 0 Å². The number of hydrogen-bond donors (Lipinski definition) is 2. The van der Waals surface area contributed by atoms with Crippen LogP contribution in [0.4, 0.5) is 5.69 Å². The standard InChI is InChI=1S/C18H24N2O2/c1-12-5-2-3-7-15(12)20-18(22)14-9-10-16-13(11-14)6-4-8-17(21)19-16/h9-12,15H,2-8H2,1H3,(H,19,21)(H,20,22). The van der Waals surface area contributed by atoms with Gasteiger partial charge in [0.2, 0.25) is 5.91 Å². The van der Waals surface area contributed by atoms with Crippen molar-refractivity contribution in [2.75, 3.05) is 5.32 Å². The van der Waals surface area contributed by atoms with E-state index in [1.54, 1.807) is 0 Å². The molecule has 0 radical (unpaired) electrons. The highest BCUT2D eigenvalue weighted by Crippen LogP contribution is 2.26. The zero-order chi connectivity index (χ0) is 15.5. The zero-order valence-electron chi connectivity index (χ0n) is 13.2. The van der Waals surface area contributed by atoms with Gasteiger partial charge >= 0.3 is 0 Å². The molecule has 0 aromatic heterocycles. The van der Waals surface area contributed by atoms with Crippen LogP contribution in [-0.4, -0.2) is 17.9 Å². The van der Waals surface area contributed by atoms with Gasteiger partial charge in [-0.1, -0.05) is 19.8 Å². The van der Waals surface area contributed by atoms with E-state index in [0.29, 0.717) is 23.9 Å². The summed E-state index contributed by atoms with van der Waals surface area (Å²) in [6.45, 7) is 2.22. The first-order valence-electron chi connectivity index (χ1n) is 8.37. The summed E-state index contributed by atoms with van der Waals surface area (Å²) >= 11 is 0. The smallest absolute Gasteiger partial charge is 0.251 e. The number of anilines is 1. The highest BCUT2D eigenvalue weighted by molar-refractivity contribution is 5.97. The van der Waals surface area contributed by atoms with Crippen LogP contribution in [0.3, 0.4) is 0 Å². The van der Waals surface area contributed by atoms with Crippen LogP contribution in [0.5, 0.6) is 0 Å². The number of fused-ring (bicyclic) bond motifs is 1. The minimum Gasteiger partial charge on any atom is -0.349 e. The Hall–Kier alpha value is -1.84. The van der Waals surface area contributed by atoms with Crippen molar-refractivity contribution in [2.45, 2.75) is 57.9 Å². The van der Waals surface area contributed by atoms with E-state index in [2.05, 4.69) is 17.6 Å². The number of amides is 2. The summed E-state index contributed by atoms with van der Waals surface area (Å²) in [5.41, 5.74) is 2.62. The second-order valence-electron chi connectivity index (χ2n) is 6.62. The van der Waals surface area contributed by atoms with E-state index in [-0.39, 0.29) is 11.8 Å². The molecule has 1 aliphatic carbocycles. The summed E-state index contributed by atoms with van der Waals surface area (Å²) in [6, 6.07) is 5.90. The van der Waals surface area contributed by atoms with Crippen molar-refractivity contribution >= 4 is 17.5 Å². The van der Waals surface area contributed by atoms with Crippen LogP contribution < -0.4 is 10.6 Å². The first-order valence-corrected chi connectivity index (χ1v) is 8.37. The molecular formula is C18H24N2O2. The lowest BCUT2D eigenvalue weighted by molar-refractivity contribution is -0.116. The maximum atomic E-state index is 12.5. The van der Waals surface area contributed by atoms with Gasteiger partial charge in [0.05, 0.1) is 0 Å². The Morgan fingerprint density at radius 3 is 2.82 bits per heavy atom. The molecule has 1 fully saturated rings. The van der Waals surface area contributed by atoms with Crippen molar-refractivity contribution in [3.8, 4) is 0 Å². The molecule has 1 heterocycles. The van der Waals surface area contributed by atoms with Gasteiger partial charge in [-0.25, -0.2) is 0 Å². The Bertz CT molecular complexity index is 582. The third-order valence-electron chi connectivity index (χ3n) is 4.92. The topological polar surface area (TPSA) is 58.2 Å². The second kappa shape index (κ2) is 6.51. The minimum absolute atomic E-state index is 0.0112. The normalized spacial score (nSPS) is 24.9. The van der Waals surface area contributed by atoms with Gasteiger partial charge in [-0.3, -0.25) is 9.59 Å². The van der Waals surface area contributed by atoms with E-state index in [1.165, 1.54) is 19.3 Å². The third-order valence-corrected chi connectivity index (χ3v) is 4.92. The maximum absolute atomic E-state index is 12.5. The zero-order valence-corrected chi connectivity index (χ0v) is 13.2. The van der Waals surface area contributed by atoms with Crippen molar-refractivity contribution < 1.29 is 9.59 Å². The molecule has 1 saturated carbocycles. The van der Waals surface area contributed by atoms with Crippen molar-refractivity contribution in [1.29, 1.82) is 0 Å². The predicted octanol–water partition coefficient (Wildman–Crippen LogP) is 3.27. The van der Waals surface area contributed by atoms with Gasteiger partial charge in [0, 0.05) is 23.7 Å². The Labute approximate surface area is 131 Å². The number of carbonyl (C=O) groups is 2. The highest BCUT2D eigenvalue weighted by atomic mass is 16.2. The molecule has 22 heavy (non-hydrogen) atoms. The average molecular weight is 300 g/mol. The summed E-state index contributed by atoms with van der Waals surface area (Å²) in [6.07, 6.45) is 6.97. The van der Waals surface area contributed by atoms with E-state index in [0.717, 1.165) is 30.5 Å². The van der Waals surface area contributed by atoms with Crippen molar-refractivity contribution in [3.63, 3.8) is 0 Å². The van der Waals surface area contributed by atoms with Gasteiger partial charge in [-0.2, -0.15) is 0 Å². The molecule has 1 aromatic carbocycles. The Morgan fingerprint density at radius 2 is 2.00 bits per heavy atom. The summed E-state index contributed by atoms with van der Waals surface area (Å²) in [5.74, 6) is 0.627. The molecule has 2 unspecified atom stereocenters. The summed E-state index contributed by atoms with van der Waals surface area (Å²) in [4.78, 5) is 24.1. The van der Waals surface area contributed by atoms with Crippen LogP contribution in [-0.2, 0) is 11.2 Å². The molecule has 118 valence electrons. The molecule has 4 nitrogen and oxygen atoms in total. The molecule has 0 bridgehead atoms. The van der Waals surface area contributed by atoms with E-state index in [1.807, 2.05) is 18.2 Å². The fraction of sp³-hybridized carbons (Fsp3) is 0.556. The van der Waals surface area contributed by atoms with Crippen molar-refractivity contribution in [1.82, 2.24) is 5.32 Å². The molecule has 0 spiro atoms. The van der Waals surface area contributed by atoms with E-state index in [9.17, 15) is 9.59 Å². The number of benzene rings is 1. The molecule has 1 aromatic rings. The Morgan fingerprint density at radius 1 is 1.18 bits per heavy atom. The fourth-order valence-electron chi connectivity index (χ4n) is 3.50. The first-order chi connectivity index (χ1) is 10.6. The molecule has 2 aliphatic rings. The number of nitrogens with one attached hydrogen (secondary N) is 2. The van der Waals surface area contributed by atoms with Gasteiger partial charge in [-0.05, 0) is 55.4 Å². The first kappa shape index (κ1) is 15.1. The molecule has 1 aliphatic heterocycles. The Balaban J connectivity index is 1.73. The molecular weight excluding hydrogens is 276 g/mol. The van der Waals surface area contributed by atoms with Crippen molar-refractivity contribution in [3.05, 3.63) is 29.3 Å². The van der Waals surface area contributed by atoms with Crippen LogP contribution >= 0.6 is 0 Å². The minimum atomic E-state index is 0.0112. The SMILES string of the molecule is CC1CCCCC1NC(=O)c1ccc2c(c1)CCCC(=O)N2. The van der Waals surface area contributed by atoms with E-state index in [4.69, 9.17) is 0 Å². The Kier molecular flexibility index (Phi) is 4.46. The number of carbonyl (C=O) groups excluding carboxylic acids is 2. The van der Waals surface area contributed by atoms with Crippen LogP contribution in [0.2, 0.25) is 0 Å². The average Bonchev–Trinajstić information content (AvgIpc) is 2.69. The maximum Gasteiger partial charge on any atom is 0.251 e. The van der Waals surface area contributed by atoms with Gasteiger partial charge in [0.25, 0.3) is 5.91 Å². The number of aryl methyl sites for hydroxylation is 1. The monoisotopic (exact) mass is 300 g/mol. The van der Waals surface area contributed by atoms with Crippen LogP contribution in [0, 0.1) is 5.92 Å². The molecule has 2 N–H and O–H groups in total. The molecule has 0 saturated heterocycles. The molecule has 2 atom stereocenters. The van der Waals surface area contributed by atoms with Crippen LogP contribution in [0.15, 0.2) is 18.2 Å².